The molecular formula is C42H50BrClN4O7. The standard InChI is InChI=1S/C42H50BrClN4O7/c1-9-33-42(48-37(51)36(43)46-39(48)53,35(50)25-14-18-28(54-8)19-15-25)38(52)47(33)31-24-27(17-20-30(31)44)45-34(49)13-12-22-55-32-21-16-26(40(4,5)10-2)23-29(32)41(6,7)11-3/h14-21,23-24,33,36H,9-13,22H2,1-8H3,(H,45,49)(H,46,53)/t33?,36-,42?/m1/s1. The number of rotatable bonds is 16. The van der Waals surface area contributed by atoms with Crippen LogP contribution in [-0.4, -0.2) is 64.7 Å². The number of hydrogen-bond acceptors (Lipinski definition) is 7. The van der Waals surface area contributed by atoms with Gasteiger partial charge in [0.1, 0.15) is 11.5 Å². The highest BCUT2D eigenvalue weighted by Gasteiger charge is 2.72. The summed E-state index contributed by atoms with van der Waals surface area (Å²) in [4.78, 5) is 69.5. The third-order valence-electron chi connectivity index (χ3n) is 11.2. The van der Waals surface area contributed by atoms with E-state index in [1.165, 1.54) is 29.7 Å². The summed E-state index contributed by atoms with van der Waals surface area (Å²) in [5.41, 5.74) is 0.888. The summed E-state index contributed by atoms with van der Waals surface area (Å²) in [6.07, 6.45) is 2.76. The number of ether oxygens (including phenoxy) is 2. The molecule has 3 aromatic carbocycles. The molecule has 0 bridgehead atoms. The summed E-state index contributed by atoms with van der Waals surface area (Å²) in [5, 5.41) is 5.52. The summed E-state index contributed by atoms with van der Waals surface area (Å²) in [6.45, 7) is 15.3. The first-order valence-corrected chi connectivity index (χ1v) is 20.0. The van der Waals surface area contributed by atoms with Crippen molar-refractivity contribution in [2.24, 2.45) is 0 Å². The molecule has 2 aliphatic heterocycles. The van der Waals surface area contributed by atoms with Gasteiger partial charge in [0.15, 0.2) is 4.95 Å². The number of Topliss-reactive ketones (excluding diaryl/α,β-unsaturated/α-hetero) is 1. The number of imide groups is 1. The van der Waals surface area contributed by atoms with Gasteiger partial charge in [-0.2, -0.15) is 0 Å². The second-order valence-corrected chi connectivity index (χ2v) is 16.6. The van der Waals surface area contributed by atoms with E-state index in [4.69, 9.17) is 21.1 Å². The molecule has 13 heteroatoms. The number of β-lactam (4-membered cyclic amide) rings is 1. The quantitative estimate of drug-likeness (QED) is 0.0281. The van der Waals surface area contributed by atoms with E-state index in [1.54, 1.807) is 37.3 Å². The fourth-order valence-corrected chi connectivity index (χ4v) is 7.71. The lowest BCUT2D eigenvalue weighted by Crippen LogP contribution is -2.84. The third-order valence-corrected chi connectivity index (χ3v) is 12.2. The van der Waals surface area contributed by atoms with Gasteiger partial charge in [-0.25, -0.2) is 9.69 Å². The molecule has 2 fully saturated rings. The van der Waals surface area contributed by atoms with Crippen LogP contribution in [0.15, 0.2) is 60.7 Å². The monoisotopic (exact) mass is 836 g/mol. The first-order valence-electron chi connectivity index (χ1n) is 18.7. The average molecular weight is 838 g/mol. The van der Waals surface area contributed by atoms with Crippen LogP contribution in [0, 0.1) is 0 Å². The number of benzene rings is 3. The van der Waals surface area contributed by atoms with Crippen molar-refractivity contribution >= 4 is 68.4 Å². The number of methoxy groups -OCH3 is 1. The second-order valence-electron chi connectivity index (χ2n) is 15.3. The zero-order chi connectivity index (χ0) is 40.5. The van der Waals surface area contributed by atoms with E-state index in [-0.39, 0.29) is 45.9 Å². The maximum atomic E-state index is 14.5. The second kappa shape index (κ2) is 16.4. The van der Waals surface area contributed by atoms with Crippen molar-refractivity contribution in [2.75, 3.05) is 23.9 Å². The first-order chi connectivity index (χ1) is 26.0. The van der Waals surface area contributed by atoms with Crippen LogP contribution in [0.5, 0.6) is 11.5 Å². The van der Waals surface area contributed by atoms with E-state index in [0.29, 0.717) is 24.5 Å². The number of urea groups is 1. The lowest BCUT2D eigenvalue weighted by molar-refractivity contribution is -0.145. The maximum absolute atomic E-state index is 14.5. The molecule has 2 heterocycles. The highest BCUT2D eigenvalue weighted by atomic mass is 79.9. The van der Waals surface area contributed by atoms with Crippen LogP contribution >= 0.6 is 27.5 Å². The first kappa shape index (κ1) is 41.7. The molecule has 5 amide bonds. The molecule has 0 aliphatic carbocycles. The van der Waals surface area contributed by atoms with Gasteiger partial charge in [0.25, 0.3) is 11.8 Å². The van der Waals surface area contributed by atoms with Gasteiger partial charge in [0.05, 0.1) is 30.5 Å². The van der Waals surface area contributed by atoms with Crippen LogP contribution in [-0.2, 0) is 25.2 Å². The minimum Gasteiger partial charge on any atom is -0.497 e. The predicted molar refractivity (Wildman–Crippen MR) is 218 cm³/mol. The van der Waals surface area contributed by atoms with Crippen molar-refractivity contribution < 1.29 is 33.4 Å². The van der Waals surface area contributed by atoms with Crippen molar-refractivity contribution in [3.05, 3.63) is 82.4 Å². The van der Waals surface area contributed by atoms with E-state index in [2.05, 4.69) is 80.2 Å². The maximum Gasteiger partial charge on any atom is 0.326 e. The van der Waals surface area contributed by atoms with Crippen LogP contribution in [0.25, 0.3) is 0 Å². The molecule has 11 nitrogen and oxygen atoms in total. The van der Waals surface area contributed by atoms with E-state index in [9.17, 15) is 24.0 Å². The number of carbonyl (C=O) groups excluding carboxylic acids is 5. The van der Waals surface area contributed by atoms with Gasteiger partial charge in [-0.15, -0.1) is 0 Å². The third kappa shape index (κ3) is 7.72. The Kier molecular flexibility index (Phi) is 12.4. The summed E-state index contributed by atoms with van der Waals surface area (Å²) in [5.74, 6) is -1.25. The molecule has 2 N–H and O–H groups in total. The molecule has 2 saturated heterocycles. The number of hydrogen-bond donors (Lipinski definition) is 2. The smallest absolute Gasteiger partial charge is 0.326 e. The minimum atomic E-state index is -2.19. The summed E-state index contributed by atoms with van der Waals surface area (Å²) < 4.78 is 11.5. The number of carbonyl (C=O) groups is 5. The molecule has 5 rings (SSSR count). The van der Waals surface area contributed by atoms with Crippen LogP contribution in [0.2, 0.25) is 5.02 Å². The van der Waals surface area contributed by atoms with Crippen LogP contribution in [0.3, 0.4) is 0 Å². The SMILES string of the molecule is CCC1N(c2cc(NC(=O)CCCOc3ccc(C(C)(C)CC)cc3C(C)(C)CC)ccc2Cl)C(=O)C1(C(=O)c1ccc(OC)cc1)N1C(=O)N[C@@H](Br)C1=O. The van der Waals surface area contributed by atoms with E-state index < -0.39 is 40.2 Å². The van der Waals surface area contributed by atoms with Crippen molar-refractivity contribution in [3.63, 3.8) is 0 Å². The van der Waals surface area contributed by atoms with Crippen LogP contribution < -0.4 is 25.0 Å². The number of amides is 5. The van der Waals surface area contributed by atoms with Crippen LogP contribution in [0.4, 0.5) is 16.2 Å². The van der Waals surface area contributed by atoms with Gasteiger partial charge in [0, 0.05) is 23.2 Å². The predicted octanol–water partition coefficient (Wildman–Crippen LogP) is 8.54. The Hall–Kier alpha value is -4.42. The zero-order valence-electron chi connectivity index (χ0n) is 32.7. The zero-order valence-corrected chi connectivity index (χ0v) is 35.0. The number of anilines is 2. The lowest BCUT2D eigenvalue weighted by atomic mass is 9.70. The molecular weight excluding hydrogens is 788 g/mol. The molecule has 3 atom stereocenters. The normalized spacial score (nSPS) is 19.9. The molecule has 0 radical (unpaired) electrons. The number of nitrogens with zero attached hydrogens (tertiary/aromatic N) is 2. The molecule has 2 unspecified atom stereocenters. The Morgan fingerprint density at radius 2 is 1.62 bits per heavy atom. The number of ketones is 1. The molecule has 0 saturated carbocycles. The number of nitrogens with one attached hydrogen (secondary N) is 2. The number of alkyl halides is 1. The van der Waals surface area contributed by atoms with E-state index in [1.807, 2.05) is 6.07 Å². The van der Waals surface area contributed by atoms with Crippen molar-refractivity contribution in [1.29, 1.82) is 0 Å². The topological polar surface area (TPSA) is 134 Å². The Labute approximate surface area is 336 Å². The van der Waals surface area contributed by atoms with Crippen molar-refractivity contribution in [3.8, 4) is 11.5 Å². The Morgan fingerprint density at radius 1 is 0.945 bits per heavy atom. The van der Waals surface area contributed by atoms with Gasteiger partial charge in [0.2, 0.25) is 17.2 Å². The summed E-state index contributed by atoms with van der Waals surface area (Å²) in [7, 11) is 1.48. The highest BCUT2D eigenvalue weighted by molar-refractivity contribution is 9.10. The molecule has 3 aromatic rings. The fraction of sp³-hybridized carbons (Fsp3) is 0.452. The molecule has 2 aliphatic rings. The van der Waals surface area contributed by atoms with Gasteiger partial charge < -0.3 is 25.0 Å². The minimum absolute atomic E-state index is 0.0371. The average Bonchev–Trinajstić information content (AvgIpc) is 3.42. The van der Waals surface area contributed by atoms with E-state index >= 15 is 0 Å². The fourth-order valence-electron chi connectivity index (χ4n) is 7.10. The largest absolute Gasteiger partial charge is 0.497 e. The molecule has 0 aromatic heterocycles. The lowest BCUT2D eigenvalue weighted by Gasteiger charge is -2.57. The Morgan fingerprint density at radius 3 is 2.20 bits per heavy atom. The van der Waals surface area contributed by atoms with Crippen molar-refractivity contribution in [2.45, 2.75) is 108 Å². The Bertz CT molecular complexity index is 1980. The van der Waals surface area contributed by atoms with Crippen LogP contribution in [0.1, 0.15) is 102 Å². The summed E-state index contributed by atoms with van der Waals surface area (Å²) in [6, 6.07) is 15.4. The van der Waals surface area contributed by atoms with Crippen molar-refractivity contribution in [1.82, 2.24) is 10.2 Å². The molecule has 0 spiro atoms. The molecule has 294 valence electrons. The van der Waals surface area contributed by atoms with E-state index in [0.717, 1.165) is 29.1 Å². The number of halogens is 2. The van der Waals surface area contributed by atoms with Gasteiger partial charge >= 0.3 is 6.03 Å². The highest BCUT2D eigenvalue weighted by Crippen LogP contribution is 2.48. The summed E-state index contributed by atoms with van der Waals surface area (Å²) >= 11 is 9.80. The Balaban J connectivity index is 1.33. The molecule has 55 heavy (non-hydrogen) atoms. The van der Waals surface area contributed by atoms with Gasteiger partial charge in [-0.3, -0.25) is 19.2 Å². The van der Waals surface area contributed by atoms with Gasteiger partial charge in [-0.05, 0) is 90.6 Å². The van der Waals surface area contributed by atoms with Gasteiger partial charge in [-0.1, -0.05) is 88.1 Å².